The molecule has 60 valence electrons. The van der Waals surface area contributed by atoms with Gasteiger partial charge >= 0.3 is 61.8 Å². The van der Waals surface area contributed by atoms with E-state index in [0.29, 0.717) is 0 Å². The van der Waals surface area contributed by atoms with Gasteiger partial charge in [-0.3, -0.25) is 9.11 Å². The van der Waals surface area contributed by atoms with Gasteiger partial charge in [-0.2, -0.15) is 8.42 Å². The van der Waals surface area contributed by atoms with Gasteiger partial charge in [-0.1, -0.05) is 0 Å². The largest absolute Gasteiger partial charge is 1.00 e. The fraction of sp³-hybridized carbons (Fsp3) is 1.00. The predicted octanol–water partition coefficient (Wildman–Crippen LogP) is -3.15. The van der Waals surface area contributed by atoms with Crippen molar-refractivity contribution in [1.29, 1.82) is 0 Å². The molecule has 0 aromatic rings. The van der Waals surface area contributed by atoms with E-state index in [4.69, 9.17) is 22.6 Å². The zero-order chi connectivity index (χ0) is 8.08. The SMILES string of the molecule is CC(C)O.O=S(=O)(O)O.[H-].[K+]. The van der Waals surface area contributed by atoms with Crippen LogP contribution in [0.25, 0.3) is 0 Å². The second-order valence-electron chi connectivity index (χ2n) is 1.54. The fourth-order valence-electron chi connectivity index (χ4n) is 0. The topological polar surface area (TPSA) is 94.8 Å². The van der Waals surface area contributed by atoms with Gasteiger partial charge in [-0.25, -0.2) is 0 Å². The molecule has 0 aromatic heterocycles. The van der Waals surface area contributed by atoms with E-state index in [9.17, 15) is 0 Å². The molecule has 0 saturated heterocycles. The Morgan fingerprint density at radius 3 is 1.30 bits per heavy atom. The molecule has 0 aliphatic carbocycles. The summed E-state index contributed by atoms with van der Waals surface area (Å²) in [7, 11) is -4.67. The fourth-order valence-corrected chi connectivity index (χ4v) is 0. The number of aliphatic hydroxyl groups is 1. The van der Waals surface area contributed by atoms with Crippen molar-refractivity contribution >= 4 is 10.4 Å². The summed E-state index contributed by atoms with van der Waals surface area (Å²) in [5, 5.41) is 8.06. The maximum atomic E-state index is 8.74. The van der Waals surface area contributed by atoms with Crippen molar-refractivity contribution in [3.8, 4) is 0 Å². The molecule has 5 nitrogen and oxygen atoms in total. The summed E-state index contributed by atoms with van der Waals surface area (Å²) >= 11 is 0. The minimum atomic E-state index is -4.67. The molecule has 0 rings (SSSR count). The number of hydrogen-bond acceptors (Lipinski definition) is 3. The van der Waals surface area contributed by atoms with Gasteiger partial charge in [-0.15, -0.1) is 0 Å². The van der Waals surface area contributed by atoms with Crippen LogP contribution in [0.15, 0.2) is 0 Å². The molecule has 0 heterocycles. The standard InChI is InChI=1S/C3H8O.K.H2O4S.H/c1-3(2)4;;1-5(2,3)4;/h3-4H,1-2H3;;(H2,1,2,3,4);/q;+1;;-1. The molecule has 0 radical (unpaired) electrons. The molecule has 0 unspecified atom stereocenters. The van der Waals surface area contributed by atoms with Crippen molar-refractivity contribution in [2.75, 3.05) is 0 Å². The van der Waals surface area contributed by atoms with E-state index in [0.717, 1.165) is 0 Å². The normalized spacial score (nSPS) is 9.40. The zero-order valence-electron chi connectivity index (χ0n) is 7.14. The van der Waals surface area contributed by atoms with Gasteiger partial charge in [0.25, 0.3) is 0 Å². The average molecular weight is 198 g/mol. The van der Waals surface area contributed by atoms with Gasteiger partial charge in [0, 0.05) is 6.10 Å². The van der Waals surface area contributed by atoms with Crippen LogP contribution in [-0.4, -0.2) is 28.7 Å². The Balaban J connectivity index is -0.0000000383. The van der Waals surface area contributed by atoms with Crippen LogP contribution in [0.1, 0.15) is 15.3 Å². The third-order valence-corrected chi connectivity index (χ3v) is 0. The van der Waals surface area contributed by atoms with Crippen LogP contribution in [0.3, 0.4) is 0 Å². The van der Waals surface area contributed by atoms with Crippen LogP contribution < -0.4 is 51.4 Å². The van der Waals surface area contributed by atoms with E-state index >= 15 is 0 Å². The van der Waals surface area contributed by atoms with Crippen molar-refractivity contribution < 1.29 is 75.4 Å². The molecule has 7 heteroatoms. The van der Waals surface area contributed by atoms with Crippen LogP contribution >= 0.6 is 0 Å². The smallest absolute Gasteiger partial charge is 1.00 e. The van der Waals surface area contributed by atoms with Crippen molar-refractivity contribution in [1.82, 2.24) is 0 Å². The molecule has 0 aliphatic rings. The molecule has 0 amide bonds. The van der Waals surface area contributed by atoms with Gasteiger partial charge in [0.05, 0.1) is 0 Å². The van der Waals surface area contributed by atoms with Crippen molar-refractivity contribution in [3.05, 3.63) is 0 Å². The summed E-state index contributed by atoms with van der Waals surface area (Å²) in [6, 6.07) is 0. The summed E-state index contributed by atoms with van der Waals surface area (Å²) in [6.07, 6.45) is -0.167. The second-order valence-corrected chi connectivity index (χ2v) is 2.44. The Bertz CT molecular complexity index is 133. The zero-order valence-corrected chi connectivity index (χ0v) is 10.1. The minimum Gasteiger partial charge on any atom is -1.00 e. The van der Waals surface area contributed by atoms with Gasteiger partial charge in [0.1, 0.15) is 0 Å². The molecular weight excluding hydrogens is 187 g/mol. The quantitative estimate of drug-likeness (QED) is 0.282. The molecule has 0 aliphatic heterocycles. The maximum absolute atomic E-state index is 8.74. The molecule has 0 aromatic carbocycles. The van der Waals surface area contributed by atoms with Crippen LogP contribution in [-0.2, 0) is 10.4 Å². The second kappa shape index (κ2) is 8.56. The first-order valence-electron chi connectivity index (χ1n) is 2.11. The van der Waals surface area contributed by atoms with Crippen molar-refractivity contribution in [2.45, 2.75) is 20.0 Å². The van der Waals surface area contributed by atoms with Crippen LogP contribution in [0, 0.1) is 0 Å². The van der Waals surface area contributed by atoms with Crippen LogP contribution in [0.4, 0.5) is 0 Å². The molecule has 10 heavy (non-hydrogen) atoms. The molecule has 0 bridgehead atoms. The van der Waals surface area contributed by atoms with Gasteiger partial charge in [0.15, 0.2) is 0 Å². The summed E-state index contributed by atoms with van der Waals surface area (Å²) in [5.41, 5.74) is 0. The molecule has 0 spiro atoms. The Morgan fingerprint density at radius 2 is 1.30 bits per heavy atom. The first kappa shape index (κ1) is 17.5. The van der Waals surface area contributed by atoms with Gasteiger partial charge in [-0.05, 0) is 13.8 Å². The molecule has 3 N–H and O–H groups in total. The Morgan fingerprint density at radius 1 is 1.30 bits per heavy atom. The van der Waals surface area contributed by atoms with E-state index < -0.39 is 10.4 Å². The van der Waals surface area contributed by atoms with E-state index in [1.165, 1.54) is 0 Å². The van der Waals surface area contributed by atoms with E-state index in [1.54, 1.807) is 13.8 Å². The van der Waals surface area contributed by atoms with Crippen LogP contribution in [0.2, 0.25) is 0 Å². The minimum absolute atomic E-state index is 0. The number of rotatable bonds is 0. The van der Waals surface area contributed by atoms with Gasteiger partial charge < -0.3 is 6.53 Å². The van der Waals surface area contributed by atoms with Crippen LogP contribution in [0.5, 0.6) is 0 Å². The first-order valence-corrected chi connectivity index (χ1v) is 3.51. The summed E-state index contributed by atoms with van der Waals surface area (Å²) in [5.74, 6) is 0. The Labute approximate surface area is 104 Å². The third kappa shape index (κ3) is 316. The number of aliphatic hydroxyl groups excluding tert-OH is 1. The van der Waals surface area contributed by atoms with E-state index in [1.807, 2.05) is 0 Å². The van der Waals surface area contributed by atoms with Crippen molar-refractivity contribution in [3.63, 3.8) is 0 Å². The average Bonchev–Trinajstić information content (AvgIpc) is 1.19. The number of hydrogen-bond donors (Lipinski definition) is 3. The summed E-state index contributed by atoms with van der Waals surface area (Å²) < 4.78 is 31.6. The monoisotopic (exact) mass is 198 g/mol. The Kier molecular flexibility index (Phi) is 15.0. The predicted molar refractivity (Wildman–Crippen MR) is 32.6 cm³/mol. The van der Waals surface area contributed by atoms with Gasteiger partial charge in [0.2, 0.25) is 0 Å². The first-order chi connectivity index (χ1) is 3.73. The van der Waals surface area contributed by atoms with E-state index in [-0.39, 0.29) is 58.9 Å². The third-order valence-electron chi connectivity index (χ3n) is 0. The van der Waals surface area contributed by atoms with E-state index in [2.05, 4.69) is 0 Å². The molecule has 0 atom stereocenters. The molecule has 0 fully saturated rings. The maximum Gasteiger partial charge on any atom is 1.00 e. The Hall–Kier alpha value is 1.47. The molecule has 0 saturated carbocycles. The summed E-state index contributed by atoms with van der Waals surface area (Å²) in [6.45, 7) is 3.44. The molecular formula is C3H11KO5S. The summed E-state index contributed by atoms with van der Waals surface area (Å²) in [4.78, 5) is 0. The van der Waals surface area contributed by atoms with Crippen molar-refractivity contribution in [2.24, 2.45) is 0 Å².